The zero-order valence-electron chi connectivity index (χ0n) is 35.4. The molecule has 1 atom stereocenters. The second-order valence-electron chi connectivity index (χ2n) is 14.7. The summed E-state index contributed by atoms with van der Waals surface area (Å²) in [7, 11) is 2.32. The van der Waals surface area contributed by atoms with E-state index >= 15 is 0 Å². The maximum Gasteiger partial charge on any atom is 0.339 e. The number of ether oxygens (including phenoxy) is 2. The molecule has 0 saturated carbocycles. The van der Waals surface area contributed by atoms with E-state index in [1.54, 1.807) is 49.4 Å². The average Bonchev–Trinajstić information content (AvgIpc) is 3.80. The monoisotopic (exact) mass is 898 g/mol. The molecule has 0 fully saturated rings. The first kappa shape index (κ1) is 46.5. The number of hydrogen-bond donors (Lipinski definition) is 9. The van der Waals surface area contributed by atoms with E-state index in [9.17, 15) is 54.3 Å². The van der Waals surface area contributed by atoms with Gasteiger partial charge in [0.2, 0.25) is 5.91 Å². The Labute approximate surface area is 375 Å². The number of Topliss-reactive ketones (excluding diaryl/α,β-unsaturated/α-hetero) is 2. The molecule has 19 nitrogen and oxygen atoms in total. The van der Waals surface area contributed by atoms with Crippen LogP contribution in [0.25, 0.3) is 6.08 Å². The number of allylic oxidation sites excluding steroid dienone is 1. The summed E-state index contributed by atoms with van der Waals surface area (Å²) in [4.78, 5) is 78.1. The maximum absolute atomic E-state index is 13.7. The first-order chi connectivity index (χ1) is 31.6. The molecule has 338 valence electrons. The first-order valence-corrected chi connectivity index (χ1v) is 19.8. The van der Waals surface area contributed by atoms with Gasteiger partial charge in [0.1, 0.15) is 17.1 Å². The number of phenols is 4. The van der Waals surface area contributed by atoms with Crippen molar-refractivity contribution >= 4 is 58.4 Å². The molecule has 6 rings (SSSR count). The number of nitrogens with one attached hydrogen (secondary N) is 4. The lowest BCUT2D eigenvalue weighted by atomic mass is 9.92. The number of aromatic carboxylic acids is 1. The summed E-state index contributed by atoms with van der Waals surface area (Å²) < 4.78 is 10.3. The number of aromatic hydroxyl groups is 4. The van der Waals surface area contributed by atoms with Crippen LogP contribution in [0, 0.1) is 5.92 Å². The molecule has 1 aromatic heterocycles. The number of carboxylic acid groups (broad SMARTS) is 1. The highest BCUT2D eigenvalue weighted by Crippen LogP contribution is 2.41. The number of aromatic amines is 1. The minimum atomic E-state index is -1.44. The second-order valence-corrected chi connectivity index (χ2v) is 14.7. The van der Waals surface area contributed by atoms with Crippen LogP contribution in [0.4, 0.5) is 17.1 Å². The molecule has 6 aromatic rings. The largest absolute Gasteiger partial charge is 0.508 e. The van der Waals surface area contributed by atoms with Crippen molar-refractivity contribution in [3.8, 4) is 34.5 Å². The molecule has 1 heterocycles. The Morgan fingerprint density at radius 3 is 1.89 bits per heavy atom. The molecule has 3 amide bonds. The summed E-state index contributed by atoms with van der Waals surface area (Å²) in [5.41, 5.74) is 1.46. The molecule has 66 heavy (non-hydrogen) atoms. The predicted molar refractivity (Wildman–Crippen MR) is 238 cm³/mol. The number of benzene rings is 5. The van der Waals surface area contributed by atoms with Crippen molar-refractivity contribution in [1.82, 2.24) is 15.4 Å². The van der Waals surface area contributed by atoms with E-state index < -0.39 is 52.4 Å². The van der Waals surface area contributed by atoms with Crippen molar-refractivity contribution in [1.29, 1.82) is 0 Å². The summed E-state index contributed by atoms with van der Waals surface area (Å²) in [5.74, 6) is -7.82. The highest BCUT2D eigenvalue weighted by molar-refractivity contribution is 6.11. The number of H-pyrrole nitrogens is 1. The minimum Gasteiger partial charge on any atom is -0.508 e. The second kappa shape index (κ2) is 20.5. The van der Waals surface area contributed by atoms with Gasteiger partial charge in [0.15, 0.2) is 34.6 Å². The van der Waals surface area contributed by atoms with Gasteiger partial charge in [-0.3, -0.25) is 24.0 Å². The number of carbonyl (C=O) groups excluding carboxylic acids is 5. The van der Waals surface area contributed by atoms with Crippen LogP contribution < -0.4 is 25.4 Å². The molecule has 0 aliphatic rings. The molecule has 0 radical (unpaired) electrons. The maximum atomic E-state index is 13.7. The van der Waals surface area contributed by atoms with E-state index in [0.717, 1.165) is 30.9 Å². The van der Waals surface area contributed by atoms with Crippen molar-refractivity contribution in [3.05, 3.63) is 142 Å². The van der Waals surface area contributed by atoms with E-state index in [2.05, 4.69) is 31.4 Å². The molecular weight excluding hydrogens is 857 g/mol. The van der Waals surface area contributed by atoms with E-state index in [4.69, 9.17) is 9.47 Å². The van der Waals surface area contributed by atoms with Gasteiger partial charge < -0.3 is 51.0 Å². The van der Waals surface area contributed by atoms with Gasteiger partial charge in [0.25, 0.3) is 11.8 Å². The fourth-order valence-electron chi connectivity index (χ4n) is 6.74. The van der Waals surface area contributed by atoms with Crippen LogP contribution in [0.5, 0.6) is 34.5 Å². The van der Waals surface area contributed by atoms with Gasteiger partial charge in [0, 0.05) is 36.6 Å². The van der Waals surface area contributed by atoms with Crippen LogP contribution >= 0.6 is 0 Å². The van der Waals surface area contributed by atoms with Crippen LogP contribution in [0.2, 0.25) is 0 Å². The van der Waals surface area contributed by atoms with Crippen molar-refractivity contribution in [2.24, 2.45) is 5.92 Å². The predicted octanol–water partition coefficient (Wildman–Crippen LogP) is 6.13. The Bertz CT molecular complexity index is 2860. The summed E-state index contributed by atoms with van der Waals surface area (Å²) in [6.07, 6.45) is 3.00. The number of nitrogens with zero attached hydrogens (tertiary/aromatic N) is 2. The number of amides is 3. The van der Waals surface area contributed by atoms with Crippen LogP contribution in [0.15, 0.2) is 103 Å². The summed E-state index contributed by atoms with van der Waals surface area (Å²) in [6.45, 7) is 1.70. The van der Waals surface area contributed by atoms with Gasteiger partial charge >= 0.3 is 5.97 Å². The summed E-state index contributed by atoms with van der Waals surface area (Å²) in [6, 6.07) is 21.2. The number of carbonyl (C=O) groups is 6. The lowest BCUT2D eigenvalue weighted by molar-refractivity contribution is -0.120. The topological polar surface area (TPSA) is 300 Å². The van der Waals surface area contributed by atoms with E-state index in [1.807, 2.05) is 0 Å². The number of rotatable bonds is 18. The SMILES string of the molecule is COc1c(NC(=O)c2ccc(NC(=O)c3ccc(NC(=O)[C@@H](CC(=O)c4ccc(CC(=O)/C(C)=C/c5ccc(O)cc5)cc4)Cc4cn[nH]n4)cc3O)c(OC)c2O)ccc(C(=O)O)c1O. The summed E-state index contributed by atoms with van der Waals surface area (Å²) >= 11 is 0. The first-order valence-electron chi connectivity index (χ1n) is 19.8. The number of anilines is 3. The van der Waals surface area contributed by atoms with Gasteiger partial charge in [-0.25, -0.2) is 4.79 Å². The number of phenolic OH excluding ortho intramolecular Hbond substituents is 3. The third kappa shape index (κ3) is 11.0. The Morgan fingerprint density at radius 2 is 1.32 bits per heavy atom. The van der Waals surface area contributed by atoms with Crippen LogP contribution in [0.1, 0.15) is 71.6 Å². The molecule has 0 aliphatic heterocycles. The Hall–Kier alpha value is -9.00. The smallest absolute Gasteiger partial charge is 0.339 e. The average molecular weight is 899 g/mol. The third-order valence-corrected chi connectivity index (χ3v) is 10.2. The molecule has 0 aliphatic carbocycles. The van der Waals surface area contributed by atoms with Gasteiger partial charge in [-0.2, -0.15) is 15.4 Å². The van der Waals surface area contributed by atoms with Gasteiger partial charge in [0.05, 0.1) is 54.5 Å². The molecule has 0 saturated heterocycles. The van der Waals surface area contributed by atoms with Gasteiger partial charge in [-0.1, -0.05) is 36.4 Å². The zero-order valence-corrected chi connectivity index (χ0v) is 35.4. The zero-order chi connectivity index (χ0) is 47.7. The molecule has 0 spiro atoms. The fraction of sp³-hybridized carbons (Fsp3) is 0.149. The Balaban J connectivity index is 1.10. The molecule has 0 bridgehead atoms. The van der Waals surface area contributed by atoms with E-state index in [0.29, 0.717) is 22.4 Å². The lowest BCUT2D eigenvalue weighted by Gasteiger charge is -2.17. The molecular formula is C47H42N6O13. The minimum absolute atomic E-state index is 0.0204. The Kier molecular flexibility index (Phi) is 14.4. The van der Waals surface area contributed by atoms with Gasteiger partial charge in [-0.05, 0) is 78.2 Å². The van der Waals surface area contributed by atoms with E-state index in [1.165, 1.54) is 49.7 Å². The lowest BCUT2D eigenvalue weighted by Crippen LogP contribution is -2.27. The van der Waals surface area contributed by atoms with Crippen molar-refractivity contribution in [3.63, 3.8) is 0 Å². The van der Waals surface area contributed by atoms with Crippen molar-refractivity contribution in [2.45, 2.75) is 26.2 Å². The van der Waals surface area contributed by atoms with Crippen molar-refractivity contribution in [2.75, 3.05) is 30.2 Å². The van der Waals surface area contributed by atoms with Crippen LogP contribution in [-0.4, -0.2) is 90.4 Å². The molecule has 19 heteroatoms. The third-order valence-electron chi connectivity index (χ3n) is 10.2. The normalized spacial score (nSPS) is 11.5. The van der Waals surface area contributed by atoms with E-state index in [-0.39, 0.29) is 76.3 Å². The number of methoxy groups -OCH3 is 2. The number of carboxylic acids is 1. The summed E-state index contributed by atoms with van der Waals surface area (Å²) in [5, 5.41) is 68.9. The Morgan fingerprint density at radius 1 is 0.727 bits per heavy atom. The molecule has 9 N–H and O–H groups in total. The van der Waals surface area contributed by atoms with Crippen LogP contribution in [0.3, 0.4) is 0 Å². The number of aromatic nitrogens is 3. The highest BCUT2D eigenvalue weighted by atomic mass is 16.5. The number of hydrogen-bond acceptors (Lipinski definition) is 14. The van der Waals surface area contributed by atoms with Gasteiger partial charge in [-0.15, -0.1) is 0 Å². The quantitative estimate of drug-likeness (QED) is 0.0346. The van der Waals surface area contributed by atoms with Crippen LogP contribution in [-0.2, 0) is 22.4 Å². The highest BCUT2D eigenvalue weighted by Gasteiger charge is 2.27. The standard InChI is InChI=1S/C47H42N6O13/c1-24(18-25-6-11-31(54)12-7-25)37(55)19-26-4-8-27(9-5-26)38(56)21-28(20-30-23-48-53-52-30)44(60)49-29-10-13-32(39(57)22-29)45(61)50-35-16-14-33(40(58)42(35)65-2)46(62)51-36-17-15-34(47(63)64)41(59)43(36)66-3/h4-18,22-23,28,54,57-59H,19-21H2,1-3H3,(H,49,60)(H,50,61)(H,51,62)(H,63,64)(H,48,52,53)/b24-18+/t28-/m1/s1. The molecule has 5 aromatic carbocycles. The molecule has 0 unspecified atom stereocenters. The van der Waals surface area contributed by atoms with Crippen molar-refractivity contribution < 1.29 is 63.8 Å². The number of ketones is 2. The fourth-order valence-corrected chi connectivity index (χ4v) is 6.74.